The number of aliphatic imine (C=N–C) groups is 1. The van der Waals surface area contributed by atoms with Crippen molar-refractivity contribution in [3.05, 3.63) is 11.6 Å². The van der Waals surface area contributed by atoms with Gasteiger partial charge in [0.2, 0.25) is 0 Å². The highest BCUT2D eigenvalue weighted by Crippen LogP contribution is 2.18. The fourth-order valence-corrected chi connectivity index (χ4v) is 2.75. The topological polar surface area (TPSA) is 70.4 Å². The van der Waals surface area contributed by atoms with Crippen LogP contribution < -0.4 is 10.6 Å². The number of hydrogen-bond acceptors (Lipinski definition) is 4. The quantitative estimate of drug-likeness (QED) is 0.422. The van der Waals surface area contributed by atoms with Crippen molar-refractivity contribution in [2.45, 2.75) is 46.3 Å². The lowest BCUT2D eigenvalue weighted by atomic mass is 10.1. The molecule has 1 aliphatic heterocycles. The number of halogens is 1. The number of likely N-dealkylation sites (tertiary alicyclic amines) is 1. The fraction of sp³-hybridized carbons (Fsp3) is 0.800. The van der Waals surface area contributed by atoms with Gasteiger partial charge >= 0.3 is 0 Å². The third-order valence-electron chi connectivity index (χ3n) is 4.51. The molecule has 7 nitrogen and oxygen atoms in total. The molecule has 2 heterocycles. The number of rotatable bonds is 4. The molecular formula is C15H30IN7. The molecule has 132 valence electrons. The van der Waals surface area contributed by atoms with E-state index in [2.05, 4.69) is 51.5 Å². The van der Waals surface area contributed by atoms with Crippen molar-refractivity contribution >= 4 is 29.9 Å². The third-order valence-corrected chi connectivity index (χ3v) is 4.51. The van der Waals surface area contributed by atoms with Gasteiger partial charge in [-0.2, -0.15) is 0 Å². The van der Waals surface area contributed by atoms with Crippen LogP contribution in [-0.2, 0) is 13.6 Å². The SMILES string of the molecule is CN=C(NCc1nnc(C)n1C)NC1CN(C(C)C)CC1C.I. The van der Waals surface area contributed by atoms with Gasteiger partial charge in [-0.05, 0) is 26.7 Å². The molecule has 0 aliphatic carbocycles. The highest BCUT2D eigenvalue weighted by atomic mass is 127. The van der Waals surface area contributed by atoms with Crippen LogP contribution in [0.3, 0.4) is 0 Å². The van der Waals surface area contributed by atoms with Crippen LogP contribution in [-0.4, -0.2) is 57.8 Å². The molecule has 1 aromatic heterocycles. The van der Waals surface area contributed by atoms with Gasteiger partial charge in [-0.3, -0.25) is 9.89 Å². The van der Waals surface area contributed by atoms with Crippen LogP contribution in [0.4, 0.5) is 0 Å². The lowest BCUT2D eigenvalue weighted by Gasteiger charge is -2.21. The maximum Gasteiger partial charge on any atom is 0.191 e. The van der Waals surface area contributed by atoms with Gasteiger partial charge in [0.25, 0.3) is 0 Å². The molecule has 2 N–H and O–H groups in total. The summed E-state index contributed by atoms with van der Waals surface area (Å²) in [7, 11) is 3.78. The average Bonchev–Trinajstić information content (AvgIpc) is 3.00. The first-order valence-corrected chi connectivity index (χ1v) is 7.98. The van der Waals surface area contributed by atoms with Crippen molar-refractivity contribution in [3.8, 4) is 0 Å². The Labute approximate surface area is 156 Å². The first-order valence-electron chi connectivity index (χ1n) is 7.98. The summed E-state index contributed by atoms with van der Waals surface area (Å²) < 4.78 is 1.99. The molecule has 1 aliphatic rings. The van der Waals surface area contributed by atoms with E-state index >= 15 is 0 Å². The van der Waals surface area contributed by atoms with E-state index in [9.17, 15) is 0 Å². The number of hydrogen-bond donors (Lipinski definition) is 2. The van der Waals surface area contributed by atoms with Crippen molar-refractivity contribution in [3.63, 3.8) is 0 Å². The number of nitrogens with zero attached hydrogens (tertiary/aromatic N) is 5. The van der Waals surface area contributed by atoms with E-state index in [0.29, 0.717) is 24.5 Å². The van der Waals surface area contributed by atoms with Crippen molar-refractivity contribution < 1.29 is 0 Å². The van der Waals surface area contributed by atoms with Gasteiger partial charge in [0.1, 0.15) is 5.82 Å². The van der Waals surface area contributed by atoms with Gasteiger partial charge in [-0.1, -0.05) is 6.92 Å². The Morgan fingerprint density at radius 3 is 2.52 bits per heavy atom. The number of nitrogens with one attached hydrogen (secondary N) is 2. The predicted molar refractivity (Wildman–Crippen MR) is 104 cm³/mol. The Bertz CT molecular complexity index is 526. The zero-order valence-corrected chi connectivity index (χ0v) is 17.3. The second kappa shape index (κ2) is 8.81. The van der Waals surface area contributed by atoms with Crippen molar-refractivity contribution in [2.75, 3.05) is 20.1 Å². The molecule has 23 heavy (non-hydrogen) atoms. The monoisotopic (exact) mass is 435 g/mol. The minimum Gasteiger partial charge on any atom is -0.352 e. The number of aryl methyl sites for hydroxylation is 1. The summed E-state index contributed by atoms with van der Waals surface area (Å²) in [6, 6.07) is 1.01. The number of aromatic nitrogens is 3. The van der Waals surface area contributed by atoms with E-state index in [4.69, 9.17) is 0 Å². The molecule has 2 unspecified atom stereocenters. The van der Waals surface area contributed by atoms with E-state index < -0.39 is 0 Å². The Morgan fingerprint density at radius 2 is 2.04 bits per heavy atom. The lowest BCUT2D eigenvalue weighted by molar-refractivity contribution is 0.265. The van der Waals surface area contributed by atoms with Crippen LogP contribution in [0.25, 0.3) is 0 Å². The first kappa shape index (κ1) is 20.1. The Hall–Kier alpha value is -0.900. The van der Waals surface area contributed by atoms with E-state index in [1.807, 2.05) is 18.5 Å². The van der Waals surface area contributed by atoms with Crippen molar-refractivity contribution in [2.24, 2.45) is 18.0 Å². The van der Waals surface area contributed by atoms with Crippen molar-refractivity contribution in [1.29, 1.82) is 0 Å². The maximum absolute atomic E-state index is 4.33. The van der Waals surface area contributed by atoms with Gasteiger partial charge in [-0.25, -0.2) is 0 Å². The summed E-state index contributed by atoms with van der Waals surface area (Å²) in [5.74, 6) is 3.25. The van der Waals surface area contributed by atoms with Gasteiger partial charge in [0, 0.05) is 39.3 Å². The molecule has 0 spiro atoms. The van der Waals surface area contributed by atoms with Gasteiger partial charge < -0.3 is 15.2 Å². The van der Waals surface area contributed by atoms with Crippen molar-refractivity contribution in [1.82, 2.24) is 30.3 Å². The Balaban J connectivity index is 0.00000264. The van der Waals surface area contributed by atoms with E-state index in [1.165, 1.54) is 0 Å². The molecular weight excluding hydrogens is 405 g/mol. The molecule has 2 rings (SSSR count). The molecule has 8 heteroatoms. The van der Waals surface area contributed by atoms with E-state index in [1.54, 1.807) is 7.05 Å². The second-order valence-electron chi connectivity index (χ2n) is 6.42. The lowest BCUT2D eigenvalue weighted by Crippen LogP contribution is -2.46. The molecule has 0 amide bonds. The van der Waals surface area contributed by atoms with E-state index in [0.717, 1.165) is 30.7 Å². The largest absolute Gasteiger partial charge is 0.352 e. The highest BCUT2D eigenvalue weighted by molar-refractivity contribution is 14.0. The highest BCUT2D eigenvalue weighted by Gasteiger charge is 2.31. The standard InChI is InChI=1S/C15H29N7.HI/c1-10(2)22-8-11(3)13(9-22)18-15(16-5)17-7-14-20-19-12(4)21(14)6;/h10-11,13H,7-9H2,1-6H3,(H2,16,17,18);1H. The average molecular weight is 435 g/mol. The molecule has 1 fully saturated rings. The third kappa shape index (κ3) is 5.03. The molecule has 1 saturated heterocycles. The molecule has 2 atom stereocenters. The van der Waals surface area contributed by atoms with E-state index in [-0.39, 0.29) is 24.0 Å². The van der Waals surface area contributed by atoms with Gasteiger partial charge in [-0.15, -0.1) is 34.2 Å². The van der Waals surface area contributed by atoms with Crippen LogP contribution >= 0.6 is 24.0 Å². The summed E-state index contributed by atoms with van der Waals surface area (Å²) >= 11 is 0. The minimum absolute atomic E-state index is 0. The summed E-state index contributed by atoms with van der Waals surface area (Å²) in [6.07, 6.45) is 0. The second-order valence-corrected chi connectivity index (χ2v) is 6.42. The van der Waals surface area contributed by atoms with Crippen LogP contribution in [0.15, 0.2) is 4.99 Å². The summed E-state index contributed by atoms with van der Waals surface area (Å²) in [5.41, 5.74) is 0. The fourth-order valence-electron chi connectivity index (χ4n) is 2.75. The van der Waals surface area contributed by atoms with Crippen LogP contribution in [0.1, 0.15) is 32.4 Å². The zero-order chi connectivity index (χ0) is 16.3. The van der Waals surface area contributed by atoms with Crippen LogP contribution in [0.2, 0.25) is 0 Å². The zero-order valence-electron chi connectivity index (χ0n) is 15.0. The first-order chi connectivity index (χ1) is 10.4. The van der Waals surface area contributed by atoms with Crippen LogP contribution in [0, 0.1) is 12.8 Å². The summed E-state index contributed by atoms with van der Waals surface area (Å²) in [4.78, 5) is 6.83. The predicted octanol–water partition coefficient (Wildman–Crippen LogP) is 1.14. The molecule has 0 saturated carbocycles. The Morgan fingerprint density at radius 1 is 1.35 bits per heavy atom. The van der Waals surface area contributed by atoms with Gasteiger partial charge in [0.15, 0.2) is 11.8 Å². The normalized spacial score (nSPS) is 22.3. The molecule has 0 bridgehead atoms. The van der Waals surface area contributed by atoms with Gasteiger partial charge in [0.05, 0.1) is 6.54 Å². The number of guanidine groups is 1. The minimum atomic E-state index is 0. The molecule has 1 aromatic rings. The smallest absolute Gasteiger partial charge is 0.191 e. The Kier molecular flexibility index (Phi) is 7.72. The summed E-state index contributed by atoms with van der Waals surface area (Å²) in [5, 5.41) is 15.1. The molecule has 0 radical (unpaired) electrons. The summed E-state index contributed by atoms with van der Waals surface area (Å²) in [6.45, 7) is 11.5. The maximum atomic E-state index is 4.33. The molecule has 0 aromatic carbocycles. The van der Waals surface area contributed by atoms with Crippen LogP contribution in [0.5, 0.6) is 0 Å².